The molecular weight excluding hydrogens is 427 g/mol. The van der Waals surface area contributed by atoms with E-state index in [2.05, 4.69) is 32.9 Å². The maximum atomic E-state index is 12.5. The van der Waals surface area contributed by atoms with Gasteiger partial charge in [-0.1, -0.05) is 6.07 Å². The molecule has 0 aliphatic rings. The summed E-state index contributed by atoms with van der Waals surface area (Å²) in [6, 6.07) is 18.7. The minimum atomic E-state index is -0.184. The van der Waals surface area contributed by atoms with Crippen LogP contribution in [0.25, 0.3) is 0 Å². The van der Waals surface area contributed by atoms with Crippen LogP contribution in [0.3, 0.4) is 0 Å². The number of aryl methyl sites for hydroxylation is 2. The highest BCUT2D eigenvalue weighted by Gasteiger charge is 2.11. The van der Waals surface area contributed by atoms with Crippen molar-refractivity contribution in [2.24, 2.45) is 0 Å². The summed E-state index contributed by atoms with van der Waals surface area (Å²) in [6.45, 7) is 3.73. The first-order chi connectivity index (χ1) is 12.0. The number of hydrogen-bond acceptors (Lipinski definition) is 3. The number of anilines is 1. The number of halogens is 1. The molecule has 3 rings (SSSR count). The van der Waals surface area contributed by atoms with Gasteiger partial charge >= 0.3 is 0 Å². The fraction of sp³-hybridized carbons (Fsp3) is 0.100. The number of carbonyl (C=O) groups excluding carboxylic acids is 1. The van der Waals surface area contributed by atoms with Crippen LogP contribution in [-0.4, -0.2) is 10.9 Å². The van der Waals surface area contributed by atoms with Crippen molar-refractivity contribution >= 4 is 34.2 Å². The summed E-state index contributed by atoms with van der Waals surface area (Å²) in [4.78, 5) is 16.8. The SMILES string of the molecule is Cc1ccc(C(=O)Nc2cccc(Oc3ccc(I)cc3)c2)c(C)n1. The Morgan fingerprint density at radius 2 is 1.76 bits per heavy atom. The van der Waals surface area contributed by atoms with Crippen LogP contribution < -0.4 is 10.1 Å². The third-order valence-electron chi connectivity index (χ3n) is 3.61. The third-order valence-corrected chi connectivity index (χ3v) is 4.33. The highest BCUT2D eigenvalue weighted by Crippen LogP contribution is 2.25. The van der Waals surface area contributed by atoms with Gasteiger partial charge in [0.15, 0.2) is 0 Å². The van der Waals surface area contributed by atoms with Crippen molar-refractivity contribution in [3.63, 3.8) is 0 Å². The number of benzene rings is 2. The van der Waals surface area contributed by atoms with Crippen LogP contribution in [0.5, 0.6) is 11.5 Å². The predicted molar refractivity (Wildman–Crippen MR) is 107 cm³/mol. The van der Waals surface area contributed by atoms with E-state index in [1.807, 2.05) is 62.4 Å². The number of nitrogens with one attached hydrogen (secondary N) is 1. The molecule has 126 valence electrons. The maximum Gasteiger partial charge on any atom is 0.257 e. The smallest absolute Gasteiger partial charge is 0.257 e. The Balaban J connectivity index is 1.75. The molecule has 0 saturated carbocycles. The Labute approximate surface area is 160 Å². The van der Waals surface area contributed by atoms with Gasteiger partial charge in [-0.3, -0.25) is 9.78 Å². The second-order valence-electron chi connectivity index (χ2n) is 5.62. The number of pyridine rings is 1. The van der Waals surface area contributed by atoms with Gasteiger partial charge in [-0.25, -0.2) is 0 Å². The lowest BCUT2D eigenvalue weighted by Crippen LogP contribution is -2.14. The second-order valence-corrected chi connectivity index (χ2v) is 6.87. The molecular formula is C20H17IN2O2. The Morgan fingerprint density at radius 1 is 1.00 bits per heavy atom. The van der Waals surface area contributed by atoms with Crippen molar-refractivity contribution < 1.29 is 9.53 Å². The van der Waals surface area contributed by atoms with Gasteiger partial charge in [0.25, 0.3) is 5.91 Å². The molecule has 0 atom stereocenters. The van der Waals surface area contributed by atoms with Crippen LogP contribution in [-0.2, 0) is 0 Å². The molecule has 1 N–H and O–H groups in total. The van der Waals surface area contributed by atoms with Crippen LogP contribution in [0.2, 0.25) is 0 Å². The van der Waals surface area contributed by atoms with E-state index in [1.165, 1.54) is 0 Å². The minimum absolute atomic E-state index is 0.184. The number of hydrogen-bond donors (Lipinski definition) is 1. The Bertz CT molecular complexity index is 908. The molecule has 0 spiro atoms. The van der Waals surface area contributed by atoms with Crippen molar-refractivity contribution in [1.29, 1.82) is 0 Å². The molecule has 2 aromatic carbocycles. The Kier molecular flexibility index (Phi) is 5.33. The van der Waals surface area contributed by atoms with E-state index in [1.54, 1.807) is 12.1 Å². The highest BCUT2D eigenvalue weighted by atomic mass is 127. The summed E-state index contributed by atoms with van der Waals surface area (Å²) < 4.78 is 6.98. The number of carbonyl (C=O) groups is 1. The fourth-order valence-electron chi connectivity index (χ4n) is 2.40. The highest BCUT2D eigenvalue weighted by molar-refractivity contribution is 14.1. The molecule has 4 nitrogen and oxygen atoms in total. The van der Waals surface area contributed by atoms with E-state index in [0.717, 1.165) is 15.0 Å². The first-order valence-electron chi connectivity index (χ1n) is 7.80. The summed E-state index contributed by atoms with van der Waals surface area (Å²) in [5.41, 5.74) is 2.84. The lowest BCUT2D eigenvalue weighted by Gasteiger charge is -2.10. The lowest BCUT2D eigenvalue weighted by molar-refractivity contribution is 0.102. The van der Waals surface area contributed by atoms with Crippen molar-refractivity contribution in [1.82, 2.24) is 4.98 Å². The predicted octanol–water partition coefficient (Wildman–Crippen LogP) is 5.35. The zero-order valence-corrected chi connectivity index (χ0v) is 16.1. The zero-order valence-electron chi connectivity index (χ0n) is 13.9. The van der Waals surface area contributed by atoms with Crippen LogP contribution in [0.15, 0.2) is 60.7 Å². The normalized spacial score (nSPS) is 10.4. The minimum Gasteiger partial charge on any atom is -0.457 e. The molecule has 3 aromatic rings. The van der Waals surface area contributed by atoms with E-state index in [4.69, 9.17) is 4.74 Å². The Morgan fingerprint density at radius 3 is 2.48 bits per heavy atom. The summed E-state index contributed by atoms with van der Waals surface area (Å²) in [7, 11) is 0. The Hall–Kier alpha value is -2.41. The topological polar surface area (TPSA) is 51.2 Å². The second kappa shape index (κ2) is 7.65. The van der Waals surface area contributed by atoms with E-state index in [0.29, 0.717) is 22.7 Å². The number of ether oxygens (including phenoxy) is 1. The van der Waals surface area contributed by atoms with Gasteiger partial charge in [0.05, 0.1) is 11.3 Å². The van der Waals surface area contributed by atoms with Gasteiger partial charge in [0.2, 0.25) is 0 Å². The van der Waals surface area contributed by atoms with Crippen LogP contribution >= 0.6 is 22.6 Å². The monoisotopic (exact) mass is 444 g/mol. The summed E-state index contributed by atoms with van der Waals surface area (Å²) >= 11 is 2.25. The average Bonchev–Trinajstić information content (AvgIpc) is 2.57. The number of rotatable bonds is 4. The molecule has 0 aliphatic carbocycles. The first kappa shape index (κ1) is 17.4. The molecule has 0 saturated heterocycles. The van der Waals surface area contributed by atoms with E-state index in [-0.39, 0.29) is 5.91 Å². The van der Waals surface area contributed by atoms with Gasteiger partial charge < -0.3 is 10.1 Å². The summed E-state index contributed by atoms with van der Waals surface area (Å²) in [5, 5.41) is 2.89. The molecule has 0 aliphatic heterocycles. The quantitative estimate of drug-likeness (QED) is 0.553. The van der Waals surface area contributed by atoms with Gasteiger partial charge in [-0.2, -0.15) is 0 Å². The molecule has 1 aromatic heterocycles. The molecule has 1 amide bonds. The van der Waals surface area contributed by atoms with Crippen LogP contribution in [0.1, 0.15) is 21.7 Å². The van der Waals surface area contributed by atoms with E-state index >= 15 is 0 Å². The maximum absolute atomic E-state index is 12.5. The van der Waals surface area contributed by atoms with E-state index < -0.39 is 0 Å². The fourth-order valence-corrected chi connectivity index (χ4v) is 2.76. The molecule has 0 bridgehead atoms. The van der Waals surface area contributed by atoms with Gasteiger partial charge in [0.1, 0.15) is 11.5 Å². The first-order valence-corrected chi connectivity index (χ1v) is 8.88. The molecule has 1 heterocycles. The molecule has 0 fully saturated rings. The van der Waals surface area contributed by atoms with Crippen molar-refractivity contribution in [3.8, 4) is 11.5 Å². The number of aromatic nitrogens is 1. The largest absolute Gasteiger partial charge is 0.457 e. The zero-order chi connectivity index (χ0) is 17.8. The molecule has 0 unspecified atom stereocenters. The average molecular weight is 444 g/mol. The lowest BCUT2D eigenvalue weighted by atomic mass is 10.1. The summed E-state index contributed by atoms with van der Waals surface area (Å²) in [5.74, 6) is 1.23. The van der Waals surface area contributed by atoms with Crippen LogP contribution in [0.4, 0.5) is 5.69 Å². The van der Waals surface area contributed by atoms with Crippen molar-refractivity contribution in [2.75, 3.05) is 5.32 Å². The van der Waals surface area contributed by atoms with Gasteiger partial charge in [-0.05, 0) is 85.0 Å². The number of amides is 1. The van der Waals surface area contributed by atoms with Crippen LogP contribution in [0, 0.1) is 17.4 Å². The summed E-state index contributed by atoms with van der Waals surface area (Å²) in [6.07, 6.45) is 0. The standard InChI is InChI=1S/C20H17IN2O2/c1-13-6-11-19(14(2)22-13)20(24)23-16-4-3-5-18(12-16)25-17-9-7-15(21)8-10-17/h3-12H,1-2H3,(H,23,24). The van der Waals surface area contributed by atoms with Gasteiger partial charge in [-0.15, -0.1) is 0 Å². The van der Waals surface area contributed by atoms with E-state index in [9.17, 15) is 4.79 Å². The van der Waals surface area contributed by atoms with Crippen molar-refractivity contribution in [2.45, 2.75) is 13.8 Å². The molecule has 0 radical (unpaired) electrons. The van der Waals surface area contributed by atoms with Gasteiger partial charge in [0, 0.05) is 21.0 Å². The molecule has 25 heavy (non-hydrogen) atoms. The number of nitrogens with zero attached hydrogens (tertiary/aromatic N) is 1. The molecule has 5 heteroatoms. The third kappa shape index (κ3) is 4.57. The van der Waals surface area contributed by atoms with Crippen molar-refractivity contribution in [3.05, 3.63) is 81.2 Å².